The van der Waals surface area contributed by atoms with Crippen LogP contribution in [0.15, 0.2) is 30.3 Å². The van der Waals surface area contributed by atoms with Crippen molar-refractivity contribution < 1.29 is 9.59 Å². The van der Waals surface area contributed by atoms with Crippen molar-refractivity contribution in [2.24, 2.45) is 11.7 Å². The Hall–Kier alpha value is -1.68. The first-order chi connectivity index (χ1) is 8.66. The molecule has 0 spiro atoms. The number of hydrogen-bond acceptors (Lipinski definition) is 3. The molecule has 1 atom stereocenters. The fourth-order valence-electron chi connectivity index (χ4n) is 2.35. The Morgan fingerprint density at radius 1 is 1.28 bits per heavy atom. The molecule has 2 rings (SSSR count). The predicted octanol–water partition coefficient (Wildman–Crippen LogP) is 1.07. The van der Waals surface area contributed by atoms with Gasteiger partial charge in [-0.25, -0.2) is 0 Å². The van der Waals surface area contributed by atoms with Crippen molar-refractivity contribution in [2.75, 3.05) is 19.6 Å². The van der Waals surface area contributed by atoms with Crippen LogP contribution in [0.2, 0.25) is 0 Å². The first-order valence-electron chi connectivity index (χ1n) is 6.27. The van der Waals surface area contributed by atoms with E-state index in [2.05, 4.69) is 0 Å². The van der Waals surface area contributed by atoms with Crippen LogP contribution >= 0.6 is 0 Å². The van der Waals surface area contributed by atoms with Crippen molar-refractivity contribution in [1.29, 1.82) is 0 Å². The number of nitrogens with two attached hydrogens (primary N) is 1. The molecule has 1 saturated heterocycles. The lowest BCUT2D eigenvalue weighted by atomic mass is 9.97. The van der Waals surface area contributed by atoms with Crippen molar-refractivity contribution >= 4 is 11.7 Å². The molecule has 0 bridgehead atoms. The van der Waals surface area contributed by atoms with Gasteiger partial charge in [0.1, 0.15) is 0 Å². The summed E-state index contributed by atoms with van der Waals surface area (Å²) >= 11 is 0. The number of piperidine rings is 1. The number of nitrogens with zero attached hydrogens (tertiary/aromatic N) is 1. The molecule has 1 aliphatic rings. The van der Waals surface area contributed by atoms with E-state index >= 15 is 0 Å². The maximum absolute atomic E-state index is 12.0. The maximum atomic E-state index is 12.0. The first kappa shape index (κ1) is 12.8. The summed E-state index contributed by atoms with van der Waals surface area (Å²) in [6.07, 6.45) is 1.76. The van der Waals surface area contributed by atoms with Crippen LogP contribution in [0.1, 0.15) is 23.2 Å². The van der Waals surface area contributed by atoms with Crippen molar-refractivity contribution in [1.82, 2.24) is 4.90 Å². The second-order valence-corrected chi connectivity index (χ2v) is 4.77. The third-order valence-corrected chi connectivity index (χ3v) is 3.37. The molecule has 18 heavy (non-hydrogen) atoms. The third kappa shape index (κ3) is 3.17. The highest BCUT2D eigenvalue weighted by Gasteiger charge is 2.25. The van der Waals surface area contributed by atoms with Crippen molar-refractivity contribution in [3.8, 4) is 0 Å². The Bertz CT molecular complexity index is 431. The Kier molecular flexibility index (Phi) is 4.10. The normalized spacial score (nSPS) is 20.6. The lowest BCUT2D eigenvalue weighted by Gasteiger charge is -2.30. The van der Waals surface area contributed by atoms with E-state index in [1.165, 1.54) is 0 Å². The minimum atomic E-state index is -0.258. The highest BCUT2D eigenvalue weighted by Crippen LogP contribution is 2.16. The monoisotopic (exact) mass is 246 g/mol. The highest BCUT2D eigenvalue weighted by atomic mass is 16.1. The molecule has 1 aliphatic heterocycles. The van der Waals surface area contributed by atoms with Crippen LogP contribution in [0, 0.1) is 5.92 Å². The van der Waals surface area contributed by atoms with E-state index < -0.39 is 0 Å². The first-order valence-corrected chi connectivity index (χ1v) is 6.27. The fraction of sp³-hybridized carbons (Fsp3) is 0.429. The molecule has 4 nitrogen and oxygen atoms in total. The number of primary amides is 1. The molecule has 1 heterocycles. The van der Waals surface area contributed by atoms with Gasteiger partial charge in [-0.1, -0.05) is 30.3 Å². The summed E-state index contributed by atoms with van der Waals surface area (Å²) in [4.78, 5) is 25.2. The molecule has 1 amide bonds. The summed E-state index contributed by atoms with van der Waals surface area (Å²) < 4.78 is 0. The lowest BCUT2D eigenvalue weighted by molar-refractivity contribution is -0.123. The minimum absolute atomic E-state index is 0.0979. The van der Waals surface area contributed by atoms with Gasteiger partial charge in [0, 0.05) is 12.1 Å². The molecule has 0 radical (unpaired) electrons. The summed E-state index contributed by atoms with van der Waals surface area (Å²) in [6.45, 7) is 1.84. The maximum Gasteiger partial charge on any atom is 0.221 e. The summed E-state index contributed by atoms with van der Waals surface area (Å²) in [7, 11) is 0. The van der Waals surface area contributed by atoms with E-state index in [1.807, 2.05) is 35.2 Å². The van der Waals surface area contributed by atoms with Crippen LogP contribution in [0.4, 0.5) is 0 Å². The van der Waals surface area contributed by atoms with Crippen LogP contribution < -0.4 is 5.73 Å². The van der Waals surface area contributed by atoms with Gasteiger partial charge in [0.15, 0.2) is 5.78 Å². The number of carbonyl (C=O) groups excluding carboxylic acids is 2. The standard InChI is InChI=1S/C14H18N2O2/c15-14(18)12-7-4-8-16(9-12)10-13(17)11-5-2-1-3-6-11/h1-3,5-6,12H,4,7-10H2,(H2,15,18). The number of rotatable bonds is 4. The number of carbonyl (C=O) groups is 2. The Balaban J connectivity index is 1.93. The molecule has 0 saturated carbocycles. The molecular weight excluding hydrogens is 228 g/mol. The molecule has 1 fully saturated rings. The smallest absolute Gasteiger partial charge is 0.221 e. The fourth-order valence-corrected chi connectivity index (χ4v) is 2.35. The second kappa shape index (κ2) is 5.78. The van der Waals surface area contributed by atoms with Crippen molar-refractivity contribution in [3.63, 3.8) is 0 Å². The molecule has 1 unspecified atom stereocenters. The molecular formula is C14H18N2O2. The van der Waals surface area contributed by atoms with Gasteiger partial charge < -0.3 is 5.73 Å². The van der Waals surface area contributed by atoms with Gasteiger partial charge in [-0.05, 0) is 19.4 Å². The number of amides is 1. The van der Waals surface area contributed by atoms with Gasteiger partial charge in [-0.2, -0.15) is 0 Å². The van der Waals surface area contributed by atoms with Gasteiger partial charge in [0.25, 0.3) is 0 Å². The van der Waals surface area contributed by atoms with E-state index in [-0.39, 0.29) is 17.6 Å². The van der Waals surface area contributed by atoms with Gasteiger partial charge in [-0.15, -0.1) is 0 Å². The molecule has 2 N–H and O–H groups in total. The Morgan fingerprint density at radius 3 is 2.67 bits per heavy atom. The zero-order chi connectivity index (χ0) is 13.0. The van der Waals surface area contributed by atoms with E-state index in [1.54, 1.807) is 0 Å². The van der Waals surface area contributed by atoms with Gasteiger partial charge in [0.05, 0.1) is 12.5 Å². The van der Waals surface area contributed by atoms with Crippen LogP contribution in [0.3, 0.4) is 0 Å². The van der Waals surface area contributed by atoms with Crippen LogP contribution in [0.5, 0.6) is 0 Å². The summed E-state index contributed by atoms with van der Waals surface area (Å²) in [5.41, 5.74) is 6.04. The minimum Gasteiger partial charge on any atom is -0.369 e. The van der Waals surface area contributed by atoms with Crippen molar-refractivity contribution in [3.05, 3.63) is 35.9 Å². The topological polar surface area (TPSA) is 63.4 Å². The quantitative estimate of drug-likeness (QED) is 0.808. The molecule has 0 aliphatic carbocycles. The lowest BCUT2D eigenvalue weighted by Crippen LogP contribution is -2.43. The Labute approximate surface area is 107 Å². The van der Waals surface area contributed by atoms with Crippen molar-refractivity contribution in [2.45, 2.75) is 12.8 Å². The number of Topliss-reactive ketones (excluding diaryl/α,β-unsaturated/α-hetero) is 1. The summed E-state index contributed by atoms with van der Waals surface area (Å²) in [5, 5.41) is 0. The van der Waals surface area contributed by atoms with E-state index in [9.17, 15) is 9.59 Å². The van der Waals surface area contributed by atoms with Gasteiger partial charge in [-0.3, -0.25) is 14.5 Å². The zero-order valence-corrected chi connectivity index (χ0v) is 10.3. The molecule has 1 aromatic rings. The van der Waals surface area contributed by atoms with E-state index in [0.29, 0.717) is 13.1 Å². The zero-order valence-electron chi connectivity index (χ0n) is 10.3. The number of benzene rings is 1. The molecule has 1 aromatic carbocycles. The molecule has 4 heteroatoms. The summed E-state index contributed by atoms with van der Waals surface area (Å²) in [5.74, 6) is -0.269. The SMILES string of the molecule is NC(=O)C1CCCN(CC(=O)c2ccccc2)C1. The molecule has 0 aromatic heterocycles. The second-order valence-electron chi connectivity index (χ2n) is 4.77. The van der Waals surface area contributed by atoms with E-state index in [0.717, 1.165) is 24.9 Å². The average molecular weight is 246 g/mol. The van der Waals surface area contributed by atoms with E-state index in [4.69, 9.17) is 5.73 Å². The van der Waals surface area contributed by atoms with Gasteiger partial charge >= 0.3 is 0 Å². The van der Waals surface area contributed by atoms with Crippen LogP contribution in [-0.2, 0) is 4.79 Å². The number of hydrogen-bond donors (Lipinski definition) is 1. The Morgan fingerprint density at radius 2 is 2.00 bits per heavy atom. The third-order valence-electron chi connectivity index (χ3n) is 3.37. The number of ketones is 1. The molecule has 96 valence electrons. The average Bonchev–Trinajstić information content (AvgIpc) is 2.40. The van der Waals surface area contributed by atoms with Gasteiger partial charge in [0.2, 0.25) is 5.91 Å². The highest BCUT2D eigenvalue weighted by molar-refractivity contribution is 5.97. The van der Waals surface area contributed by atoms with Crippen LogP contribution in [0.25, 0.3) is 0 Å². The largest absolute Gasteiger partial charge is 0.369 e. The predicted molar refractivity (Wildman–Crippen MR) is 69.1 cm³/mol. The van der Waals surface area contributed by atoms with Crippen LogP contribution in [-0.4, -0.2) is 36.2 Å². The summed E-state index contributed by atoms with van der Waals surface area (Å²) in [6, 6.07) is 9.24. The number of likely N-dealkylation sites (tertiary alicyclic amines) is 1.